The van der Waals surface area contributed by atoms with Crippen LogP contribution in [0.15, 0.2) is 48.5 Å². The van der Waals surface area contributed by atoms with E-state index in [2.05, 4.69) is 5.32 Å². The second kappa shape index (κ2) is 6.30. The molecular weight excluding hydrogens is 255 g/mol. The number of amides is 1. The molecule has 1 atom stereocenters. The van der Waals surface area contributed by atoms with E-state index in [1.54, 1.807) is 18.2 Å². The van der Waals surface area contributed by atoms with Crippen molar-refractivity contribution in [1.82, 2.24) is 5.32 Å². The van der Waals surface area contributed by atoms with Gasteiger partial charge in [0.1, 0.15) is 5.82 Å². The van der Waals surface area contributed by atoms with Crippen LogP contribution in [0.25, 0.3) is 0 Å². The third-order valence-corrected chi connectivity index (χ3v) is 3.20. The summed E-state index contributed by atoms with van der Waals surface area (Å²) in [6.45, 7) is 2.61. The molecule has 0 radical (unpaired) electrons. The van der Waals surface area contributed by atoms with Gasteiger partial charge in [-0.3, -0.25) is 4.79 Å². The zero-order valence-corrected chi connectivity index (χ0v) is 11.3. The first-order valence-electron chi connectivity index (χ1n) is 6.44. The summed E-state index contributed by atoms with van der Waals surface area (Å²) in [6, 6.07) is 13.7. The van der Waals surface area contributed by atoms with Crippen molar-refractivity contribution in [3.8, 4) is 0 Å². The van der Waals surface area contributed by atoms with Crippen molar-refractivity contribution in [2.45, 2.75) is 19.5 Å². The first-order chi connectivity index (χ1) is 9.56. The average molecular weight is 272 g/mol. The lowest BCUT2D eigenvalue weighted by atomic mass is 10.1. The van der Waals surface area contributed by atoms with Crippen molar-refractivity contribution in [3.05, 3.63) is 71.0 Å². The second-order valence-electron chi connectivity index (χ2n) is 4.72. The Balaban J connectivity index is 1.96. The van der Waals surface area contributed by atoms with Crippen LogP contribution in [0.2, 0.25) is 0 Å². The smallest absolute Gasteiger partial charge is 0.248 e. The molecule has 4 heteroatoms. The van der Waals surface area contributed by atoms with E-state index in [0.717, 1.165) is 11.1 Å². The molecule has 2 aromatic rings. The fourth-order valence-electron chi connectivity index (χ4n) is 1.95. The number of hydrogen-bond donors (Lipinski definition) is 2. The van der Waals surface area contributed by atoms with Crippen LogP contribution in [0, 0.1) is 5.82 Å². The Morgan fingerprint density at radius 3 is 2.55 bits per heavy atom. The molecule has 3 nitrogen and oxygen atoms in total. The number of halogens is 1. The first kappa shape index (κ1) is 14.2. The van der Waals surface area contributed by atoms with Gasteiger partial charge in [-0.15, -0.1) is 0 Å². The summed E-state index contributed by atoms with van der Waals surface area (Å²) in [5.74, 6) is -0.667. The van der Waals surface area contributed by atoms with Crippen LogP contribution in [0.1, 0.15) is 34.5 Å². The predicted octanol–water partition coefficient (Wildman–Crippen LogP) is 2.78. The summed E-state index contributed by atoms with van der Waals surface area (Å²) < 4.78 is 13.1. The molecule has 0 fully saturated rings. The molecule has 3 N–H and O–H groups in total. The number of nitrogens with two attached hydrogens (primary N) is 1. The minimum Gasteiger partial charge on any atom is -0.366 e. The van der Waals surface area contributed by atoms with Gasteiger partial charge in [0.05, 0.1) is 0 Å². The monoisotopic (exact) mass is 272 g/mol. The van der Waals surface area contributed by atoms with Gasteiger partial charge in [-0.2, -0.15) is 0 Å². The second-order valence-corrected chi connectivity index (χ2v) is 4.72. The third-order valence-electron chi connectivity index (χ3n) is 3.20. The Morgan fingerprint density at radius 1 is 1.25 bits per heavy atom. The SMILES string of the molecule is C[C@H](NCc1ccc(C(N)=O)cc1)c1cccc(F)c1. The molecule has 0 aliphatic carbocycles. The Kier molecular flexibility index (Phi) is 4.48. The molecule has 0 saturated heterocycles. The molecule has 0 spiro atoms. The van der Waals surface area contributed by atoms with Crippen LogP contribution in [0.5, 0.6) is 0 Å². The highest BCUT2D eigenvalue weighted by Gasteiger charge is 2.06. The normalized spacial score (nSPS) is 12.1. The average Bonchev–Trinajstić information content (AvgIpc) is 2.45. The molecule has 1 amide bonds. The molecule has 20 heavy (non-hydrogen) atoms. The standard InChI is InChI=1S/C16H17FN2O/c1-11(14-3-2-4-15(17)9-14)19-10-12-5-7-13(8-6-12)16(18)20/h2-9,11,19H,10H2,1H3,(H2,18,20)/t11-/m0/s1. The maximum atomic E-state index is 13.1. The number of carbonyl (C=O) groups excluding carboxylic acids is 1. The van der Waals surface area contributed by atoms with Gasteiger partial charge in [0, 0.05) is 18.2 Å². The van der Waals surface area contributed by atoms with E-state index in [1.165, 1.54) is 12.1 Å². The van der Waals surface area contributed by atoms with Crippen LogP contribution in [-0.2, 0) is 6.54 Å². The van der Waals surface area contributed by atoms with Gasteiger partial charge in [0.2, 0.25) is 5.91 Å². The lowest BCUT2D eigenvalue weighted by molar-refractivity contribution is 0.100. The number of nitrogens with one attached hydrogen (secondary N) is 1. The Hall–Kier alpha value is -2.20. The Bertz CT molecular complexity index is 596. The molecule has 0 heterocycles. The van der Waals surface area contributed by atoms with Crippen molar-refractivity contribution in [2.24, 2.45) is 5.73 Å². The van der Waals surface area contributed by atoms with Crippen LogP contribution in [-0.4, -0.2) is 5.91 Å². The maximum Gasteiger partial charge on any atom is 0.248 e. The summed E-state index contributed by atoms with van der Waals surface area (Å²) in [7, 11) is 0. The van der Waals surface area contributed by atoms with Gasteiger partial charge in [0.25, 0.3) is 0 Å². The number of rotatable bonds is 5. The summed E-state index contributed by atoms with van der Waals surface area (Å²) >= 11 is 0. The Morgan fingerprint density at radius 2 is 1.95 bits per heavy atom. The number of benzene rings is 2. The molecule has 0 aliphatic rings. The van der Waals surface area contributed by atoms with E-state index in [0.29, 0.717) is 12.1 Å². The van der Waals surface area contributed by atoms with Gasteiger partial charge in [-0.1, -0.05) is 24.3 Å². The maximum absolute atomic E-state index is 13.1. The quantitative estimate of drug-likeness (QED) is 0.879. The van der Waals surface area contributed by atoms with E-state index in [4.69, 9.17) is 5.73 Å². The fraction of sp³-hybridized carbons (Fsp3) is 0.188. The Labute approximate surface area is 117 Å². The summed E-state index contributed by atoms with van der Waals surface area (Å²) in [5, 5.41) is 3.31. The lowest BCUT2D eigenvalue weighted by Gasteiger charge is -2.14. The molecule has 2 rings (SSSR count). The highest BCUT2D eigenvalue weighted by molar-refractivity contribution is 5.92. The molecule has 2 aromatic carbocycles. The zero-order valence-electron chi connectivity index (χ0n) is 11.3. The lowest BCUT2D eigenvalue weighted by Crippen LogP contribution is -2.18. The van der Waals surface area contributed by atoms with Gasteiger partial charge in [-0.25, -0.2) is 4.39 Å². The molecule has 0 saturated carbocycles. The number of carbonyl (C=O) groups is 1. The van der Waals surface area contributed by atoms with E-state index in [-0.39, 0.29) is 11.9 Å². The summed E-state index contributed by atoms with van der Waals surface area (Å²) in [4.78, 5) is 11.0. The van der Waals surface area contributed by atoms with Crippen molar-refractivity contribution in [1.29, 1.82) is 0 Å². The third kappa shape index (κ3) is 3.65. The minimum atomic E-state index is -0.433. The highest BCUT2D eigenvalue weighted by atomic mass is 19.1. The van der Waals surface area contributed by atoms with Crippen LogP contribution in [0.3, 0.4) is 0 Å². The van der Waals surface area contributed by atoms with E-state index >= 15 is 0 Å². The largest absolute Gasteiger partial charge is 0.366 e. The van der Waals surface area contributed by atoms with Crippen molar-refractivity contribution in [3.63, 3.8) is 0 Å². The first-order valence-corrected chi connectivity index (χ1v) is 6.44. The zero-order chi connectivity index (χ0) is 14.5. The van der Waals surface area contributed by atoms with Crippen molar-refractivity contribution >= 4 is 5.91 Å². The molecule has 0 aliphatic heterocycles. The summed E-state index contributed by atoms with van der Waals surface area (Å²) in [5.41, 5.74) is 7.62. The molecular formula is C16H17FN2O. The minimum absolute atomic E-state index is 0.0431. The van der Waals surface area contributed by atoms with Gasteiger partial charge in [0.15, 0.2) is 0 Å². The molecule has 0 aromatic heterocycles. The molecule has 0 bridgehead atoms. The van der Waals surface area contributed by atoms with E-state index in [1.807, 2.05) is 25.1 Å². The summed E-state index contributed by atoms with van der Waals surface area (Å²) in [6.07, 6.45) is 0. The van der Waals surface area contributed by atoms with E-state index < -0.39 is 5.91 Å². The fourth-order valence-corrected chi connectivity index (χ4v) is 1.95. The van der Waals surface area contributed by atoms with Crippen LogP contribution >= 0.6 is 0 Å². The van der Waals surface area contributed by atoms with Gasteiger partial charge in [-0.05, 0) is 42.3 Å². The molecule has 0 unspecified atom stereocenters. The number of hydrogen-bond acceptors (Lipinski definition) is 2. The van der Waals surface area contributed by atoms with Crippen LogP contribution in [0.4, 0.5) is 4.39 Å². The van der Waals surface area contributed by atoms with Crippen molar-refractivity contribution < 1.29 is 9.18 Å². The topological polar surface area (TPSA) is 55.1 Å². The van der Waals surface area contributed by atoms with Gasteiger partial charge >= 0.3 is 0 Å². The predicted molar refractivity (Wildman–Crippen MR) is 76.6 cm³/mol. The van der Waals surface area contributed by atoms with Crippen LogP contribution < -0.4 is 11.1 Å². The number of primary amides is 1. The van der Waals surface area contributed by atoms with E-state index in [9.17, 15) is 9.18 Å². The highest BCUT2D eigenvalue weighted by Crippen LogP contribution is 2.14. The molecule has 104 valence electrons. The van der Waals surface area contributed by atoms with Gasteiger partial charge < -0.3 is 11.1 Å². The van der Waals surface area contributed by atoms with Crippen molar-refractivity contribution in [2.75, 3.05) is 0 Å².